The Labute approximate surface area is 220 Å². The first kappa shape index (κ1) is 27.5. The number of carbonyl (C=O) groups excluding carboxylic acids is 1. The quantitative estimate of drug-likeness (QED) is 0.0874. The van der Waals surface area contributed by atoms with Crippen LogP contribution < -0.4 is 5.73 Å². The summed E-state index contributed by atoms with van der Waals surface area (Å²) in [5.74, 6) is -6.23. The molecule has 0 unspecified atom stereocenters. The van der Waals surface area contributed by atoms with Gasteiger partial charge in [-0.2, -0.15) is 8.42 Å². The van der Waals surface area contributed by atoms with Crippen molar-refractivity contribution in [3.8, 4) is 0 Å². The predicted molar refractivity (Wildman–Crippen MR) is 138 cm³/mol. The van der Waals surface area contributed by atoms with Crippen LogP contribution in [0.15, 0.2) is 70.0 Å². The maximum Gasteiger partial charge on any atom is 0.286 e. The molecule has 4 rings (SSSR count). The highest BCUT2D eigenvalue weighted by atomic mass is 32.2. The van der Waals surface area contributed by atoms with Crippen molar-refractivity contribution in [2.75, 3.05) is 0 Å². The topological polar surface area (TPSA) is 159 Å². The Hall–Kier alpha value is -4.49. The lowest BCUT2D eigenvalue weighted by Crippen LogP contribution is -2.38. The summed E-state index contributed by atoms with van der Waals surface area (Å²) >= 11 is 0. The summed E-state index contributed by atoms with van der Waals surface area (Å²) in [7, 11) is -4.85. The van der Waals surface area contributed by atoms with E-state index in [1.54, 1.807) is 24.3 Å². The lowest BCUT2D eigenvalue weighted by atomic mass is 9.98. The van der Waals surface area contributed by atoms with E-state index in [0.717, 1.165) is 18.2 Å². The molecule has 3 aromatic carbocycles. The number of ketones is 1. The van der Waals surface area contributed by atoms with Gasteiger partial charge in [0.2, 0.25) is 5.78 Å². The van der Waals surface area contributed by atoms with Crippen LogP contribution in [0.1, 0.15) is 35.6 Å². The minimum Gasteiger partial charge on any atom is -0.506 e. The first-order valence-electron chi connectivity index (χ1n) is 11.2. The summed E-state index contributed by atoms with van der Waals surface area (Å²) in [5, 5.41) is 20.9. The first-order chi connectivity index (χ1) is 18.2. The minimum atomic E-state index is -4.85. The number of aliphatic hydroxyl groups is 2. The van der Waals surface area contributed by atoms with Gasteiger partial charge >= 0.3 is 0 Å². The molecule has 0 aliphatic carbocycles. The monoisotopic (exact) mass is 558 g/mol. The van der Waals surface area contributed by atoms with Gasteiger partial charge in [-0.05, 0) is 56.3 Å². The molecule has 1 aromatic heterocycles. The number of rotatable bonds is 7. The molecule has 0 aliphatic rings. The zero-order valence-corrected chi connectivity index (χ0v) is 21.2. The highest BCUT2D eigenvalue weighted by Gasteiger charge is 2.29. The van der Waals surface area contributed by atoms with Crippen molar-refractivity contribution in [3.63, 3.8) is 0 Å². The van der Waals surface area contributed by atoms with Crippen LogP contribution in [0.5, 0.6) is 0 Å². The van der Waals surface area contributed by atoms with Crippen molar-refractivity contribution in [2.45, 2.75) is 24.3 Å². The molecule has 13 heteroatoms. The molecule has 4 aromatic rings. The number of H-pyrrole nitrogens is 1. The van der Waals surface area contributed by atoms with Crippen LogP contribution in [-0.4, -0.2) is 45.8 Å². The fourth-order valence-corrected chi connectivity index (χ4v) is 4.68. The van der Waals surface area contributed by atoms with E-state index in [0.29, 0.717) is 29.2 Å². The number of sulfonamides is 1. The van der Waals surface area contributed by atoms with Gasteiger partial charge < -0.3 is 20.9 Å². The summed E-state index contributed by atoms with van der Waals surface area (Å²) in [5.41, 5.74) is 3.09. The Morgan fingerprint density at radius 2 is 1.64 bits per heavy atom. The zero-order chi connectivity index (χ0) is 28.7. The fraction of sp³-hybridized carbons (Fsp3) is 0.115. The van der Waals surface area contributed by atoms with E-state index < -0.39 is 72.0 Å². The van der Waals surface area contributed by atoms with E-state index in [2.05, 4.69) is 14.4 Å². The molecule has 1 heterocycles. The summed E-state index contributed by atoms with van der Waals surface area (Å²) in [4.78, 5) is 19.7. The molecule has 9 nitrogen and oxygen atoms in total. The molecular formula is C26H21F3N4O5S. The molecule has 0 atom stereocenters. The van der Waals surface area contributed by atoms with Crippen LogP contribution >= 0.6 is 0 Å². The SMILES string of the molecule is CC(C)(O)/C(N)=N/S(=O)(=O)c1cc(C(=O)/C(=C(/O)c2cc(F)cc(F)c2)c2nc3ccccc3[nH]2)ccc1F. The maximum atomic E-state index is 14.6. The van der Waals surface area contributed by atoms with E-state index >= 15 is 0 Å². The molecule has 0 fully saturated rings. The summed E-state index contributed by atoms with van der Waals surface area (Å²) in [6, 6.07) is 11.0. The van der Waals surface area contributed by atoms with Gasteiger partial charge in [-0.1, -0.05) is 12.1 Å². The number of amidine groups is 1. The number of halogens is 3. The highest BCUT2D eigenvalue weighted by Crippen LogP contribution is 2.30. The Morgan fingerprint density at radius 1 is 1.00 bits per heavy atom. The van der Waals surface area contributed by atoms with Gasteiger partial charge in [-0.15, -0.1) is 4.40 Å². The Morgan fingerprint density at radius 3 is 2.26 bits per heavy atom. The van der Waals surface area contributed by atoms with Crippen molar-refractivity contribution in [2.24, 2.45) is 10.1 Å². The molecule has 202 valence electrons. The van der Waals surface area contributed by atoms with Gasteiger partial charge in [-0.3, -0.25) is 4.79 Å². The lowest BCUT2D eigenvalue weighted by Gasteiger charge is -2.16. The number of aromatic amines is 1. The molecule has 0 saturated carbocycles. The van der Waals surface area contributed by atoms with Crippen LogP contribution in [0.4, 0.5) is 13.2 Å². The number of imidazole rings is 1. The number of fused-ring (bicyclic) bond motifs is 1. The number of hydrogen-bond donors (Lipinski definition) is 4. The number of allylic oxidation sites excluding steroid dienone is 1. The number of nitrogens with one attached hydrogen (secondary N) is 1. The lowest BCUT2D eigenvalue weighted by molar-refractivity contribution is 0.105. The van der Waals surface area contributed by atoms with Crippen LogP contribution in [0.2, 0.25) is 0 Å². The number of nitrogens with zero attached hydrogens (tertiary/aromatic N) is 2. The van der Waals surface area contributed by atoms with Crippen molar-refractivity contribution in [3.05, 3.63) is 95.1 Å². The molecule has 0 radical (unpaired) electrons. The number of aromatic nitrogens is 2. The van der Waals surface area contributed by atoms with E-state index in [-0.39, 0.29) is 5.82 Å². The van der Waals surface area contributed by atoms with Crippen molar-refractivity contribution < 1.29 is 36.6 Å². The van der Waals surface area contributed by atoms with Crippen LogP contribution in [0, 0.1) is 17.5 Å². The summed E-state index contributed by atoms with van der Waals surface area (Å²) < 4.78 is 71.3. The predicted octanol–water partition coefficient (Wildman–Crippen LogP) is 4.11. The average Bonchev–Trinajstić information content (AvgIpc) is 3.26. The molecular weight excluding hydrogens is 537 g/mol. The number of aliphatic hydroxyl groups excluding tert-OH is 1. The standard InChI is InChI=1S/C26H21F3N4O5S/c1-26(2,36)25(30)33-39(37,38)20-11-13(7-8-17(20)29)22(34)21(23(35)14-9-15(27)12-16(28)10-14)24-31-18-5-3-4-6-19(18)32-24/h3-12,35-36H,1-2H3,(H2,30,33)(H,31,32)/b23-21-. The van der Waals surface area contributed by atoms with Gasteiger partial charge in [0, 0.05) is 17.2 Å². The second-order valence-corrected chi connectivity index (χ2v) is 10.5. The molecule has 0 amide bonds. The van der Waals surface area contributed by atoms with E-state index in [9.17, 15) is 36.6 Å². The van der Waals surface area contributed by atoms with Gasteiger partial charge in [0.1, 0.15) is 50.9 Å². The van der Waals surface area contributed by atoms with Gasteiger partial charge in [0.05, 0.1) is 11.0 Å². The number of benzene rings is 3. The summed E-state index contributed by atoms with van der Waals surface area (Å²) in [6.07, 6.45) is 0. The van der Waals surface area contributed by atoms with E-state index in [1.165, 1.54) is 13.8 Å². The normalized spacial score (nSPS) is 13.4. The van der Waals surface area contributed by atoms with Crippen molar-refractivity contribution in [1.82, 2.24) is 9.97 Å². The molecule has 39 heavy (non-hydrogen) atoms. The van der Waals surface area contributed by atoms with Crippen LogP contribution in [0.3, 0.4) is 0 Å². The van der Waals surface area contributed by atoms with Crippen LogP contribution in [0.25, 0.3) is 22.4 Å². The van der Waals surface area contributed by atoms with Crippen LogP contribution in [-0.2, 0) is 10.0 Å². The molecule has 0 saturated heterocycles. The maximum absolute atomic E-state index is 14.6. The number of carbonyl (C=O) groups is 1. The Kier molecular flexibility index (Phi) is 7.06. The van der Waals surface area contributed by atoms with E-state index in [4.69, 9.17) is 5.73 Å². The smallest absolute Gasteiger partial charge is 0.286 e. The highest BCUT2D eigenvalue weighted by molar-refractivity contribution is 7.90. The summed E-state index contributed by atoms with van der Waals surface area (Å²) in [6.45, 7) is 2.33. The number of nitrogens with two attached hydrogens (primary N) is 1. The zero-order valence-electron chi connectivity index (χ0n) is 20.4. The fourth-order valence-electron chi connectivity index (χ4n) is 3.51. The molecule has 0 aliphatic heterocycles. The third-order valence-electron chi connectivity index (χ3n) is 5.54. The molecule has 0 bridgehead atoms. The number of para-hydroxylation sites is 2. The number of hydrogen-bond acceptors (Lipinski definition) is 6. The molecule has 0 spiro atoms. The largest absolute Gasteiger partial charge is 0.506 e. The Balaban J connectivity index is 1.93. The number of Topliss-reactive ketones (excluding diaryl/α,β-unsaturated/α-hetero) is 1. The second kappa shape index (κ2) is 10.0. The van der Waals surface area contributed by atoms with Gasteiger partial charge in [-0.25, -0.2) is 18.2 Å². The third kappa shape index (κ3) is 5.68. The first-order valence-corrected chi connectivity index (χ1v) is 12.6. The second-order valence-electron chi connectivity index (χ2n) is 8.97. The minimum absolute atomic E-state index is 0.207. The van der Waals surface area contributed by atoms with E-state index in [1.807, 2.05) is 0 Å². The van der Waals surface area contributed by atoms with Gasteiger partial charge in [0.15, 0.2) is 0 Å². The Bertz CT molecular complexity index is 1740. The van der Waals surface area contributed by atoms with Crippen molar-refractivity contribution >= 4 is 44.0 Å². The average molecular weight is 559 g/mol. The van der Waals surface area contributed by atoms with Gasteiger partial charge in [0.25, 0.3) is 10.0 Å². The van der Waals surface area contributed by atoms with Crippen molar-refractivity contribution in [1.29, 1.82) is 0 Å². The third-order valence-corrected chi connectivity index (χ3v) is 6.85. The molecule has 5 N–H and O–H groups in total.